The molecule has 1 aliphatic rings. The number of ether oxygens (including phenoxy) is 2. The molecule has 1 heterocycles. The first-order valence-corrected chi connectivity index (χ1v) is 7.89. The van der Waals surface area contributed by atoms with Gasteiger partial charge in [0.15, 0.2) is 23.1 Å². The summed E-state index contributed by atoms with van der Waals surface area (Å²) in [6.45, 7) is 0.373. The predicted octanol–water partition coefficient (Wildman–Crippen LogP) is 2.71. The summed E-state index contributed by atoms with van der Waals surface area (Å²) < 4.78 is 25.0. The van der Waals surface area contributed by atoms with Crippen LogP contribution in [0.15, 0.2) is 42.5 Å². The molecular weight excluding hydrogens is 363 g/mol. The molecule has 0 aliphatic carbocycles. The van der Waals surface area contributed by atoms with Crippen LogP contribution in [-0.2, 0) is 4.79 Å². The highest BCUT2D eigenvalue weighted by atomic mass is 35.5. The van der Waals surface area contributed by atoms with Crippen molar-refractivity contribution >= 4 is 24.0 Å². The highest BCUT2D eigenvalue weighted by Crippen LogP contribution is 2.33. The Bertz CT molecular complexity index is 775. The SMILES string of the molecule is COc1ccccc1Oc1ccc(NC(=O)C2CC(O)CN2)cc1F.Cl. The van der Waals surface area contributed by atoms with Crippen molar-refractivity contribution in [2.45, 2.75) is 18.6 Å². The van der Waals surface area contributed by atoms with E-state index < -0.39 is 18.0 Å². The molecule has 2 aromatic carbocycles. The molecule has 2 atom stereocenters. The zero-order valence-corrected chi connectivity index (χ0v) is 14.9. The largest absolute Gasteiger partial charge is 0.493 e. The summed E-state index contributed by atoms with van der Waals surface area (Å²) in [5, 5.41) is 15.0. The summed E-state index contributed by atoms with van der Waals surface area (Å²) in [7, 11) is 1.51. The number of para-hydroxylation sites is 2. The molecule has 8 heteroatoms. The Kier molecular flexibility index (Phi) is 6.79. The number of amides is 1. The number of aliphatic hydroxyl groups excluding tert-OH is 1. The van der Waals surface area contributed by atoms with Crippen molar-refractivity contribution in [2.24, 2.45) is 0 Å². The van der Waals surface area contributed by atoms with Crippen LogP contribution in [0.5, 0.6) is 17.2 Å². The topological polar surface area (TPSA) is 79.8 Å². The van der Waals surface area contributed by atoms with Crippen molar-refractivity contribution in [1.82, 2.24) is 5.32 Å². The Morgan fingerprint density at radius 2 is 1.96 bits per heavy atom. The molecule has 1 saturated heterocycles. The van der Waals surface area contributed by atoms with E-state index in [4.69, 9.17) is 9.47 Å². The lowest BCUT2D eigenvalue weighted by atomic mass is 10.2. The van der Waals surface area contributed by atoms with Crippen LogP contribution in [0.4, 0.5) is 10.1 Å². The summed E-state index contributed by atoms with van der Waals surface area (Å²) in [4.78, 5) is 12.1. The number of carbonyl (C=O) groups excluding carboxylic acids is 1. The molecule has 140 valence electrons. The standard InChI is InChI=1S/C18H19FN2O4.ClH/c1-24-16-4-2-3-5-17(16)25-15-7-6-11(8-13(15)19)21-18(23)14-9-12(22)10-20-14;/h2-8,12,14,20,22H,9-10H2,1H3,(H,21,23);1H. The van der Waals surface area contributed by atoms with Gasteiger partial charge in [0.1, 0.15) is 0 Å². The molecule has 0 spiro atoms. The smallest absolute Gasteiger partial charge is 0.241 e. The second-order valence-corrected chi connectivity index (χ2v) is 5.74. The number of nitrogens with one attached hydrogen (secondary N) is 2. The molecule has 26 heavy (non-hydrogen) atoms. The maximum absolute atomic E-state index is 14.3. The second kappa shape index (κ2) is 8.84. The number of hydrogen-bond donors (Lipinski definition) is 3. The van der Waals surface area contributed by atoms with Crippen LogP contribution in [0.3, 0.4) is 0 Å². The highest BCUT2D eigenvalue weighted by Gasteiger charge is 2.28. The summed E-state index contributed by atoms with van der Waals surface area (Å²) >= 11 is 0. The quantitative estimate of drug-likeness (QED) is 0.741. The van der Waals surface area contributed by atoms with E-state index in [0.29, 0.717) is 30.2 Å². The first-order valence-electron chi connectivity index (χ1n) is 7.89. The van der Waals surface area contributed by atoms with Gasteiger partial charge >= 0.3 is 0 Å². The third-order valence-electron chi connectivity index (χ3n) is 3.91. The molecule has 6 nitrogen and oxygen atoms in total. The first-order chi connectivity index (χ1) is 12.1. The van der Waals surface area contributed by atoms with Crippen LogP contribution in [0.1, 0.15) is 6.42 Å². The molecular formula is C18H20ClFN2O4. The third-order valence-corrected chi connectivity index (χ3v) is 3.91. The second-order valence-electron chi connectivity index (χ2n) is 5.74. The van der Waals surface area contributed by atoms with Crippen LogP contribution in [0, 0.1) is 5.82 Å². The Morgan fingerprint density at radius 1 is 1.23 bits per heavy atom. The van der Waals surface area contributed by atoms with Gasteiger partial charge in [0.25, 0.3) is 0 Å². The molecule has 1 amide bonds. The van der Waals surface area contributed by atoms with E-state index in [2.05, 4.69) is 10.6 Å². The van der Waals surface area contributed by atoms with Crippen molar-refractivity contribution < 1.29 is 23.8 Å². The van der Waals surface area contributed by atoms with E-state index in [-0.39, 0.29) is 24.1 Å². The van der Waals surface area contributed by atoms with Crippen molar-refractivity contribution in [3.63, 3.8) is 0 Å². The van der Waals surface area contributed by atoms with Crippen LogP contribution in [-0.4, -0.2) is 36.8 Å². The third kappa shape index (κ3) is 4.63. The van der Waals surface area contributed by atoms with Crippen LogP contribution in [0.2, 0.25) is 0 Å². The lowest BCUT2D eigenvalue weighted by Gasteiger charge is -2.13. The van der Waals surface area contributed by atoms with E-state index >= 15 is 0 Å². The Morgan fingerprint density at radius 3 is 2.58 bits per heavy atom. The van der Waals surface area contributed by atoms with Gasteiger partial charge in [-0.25, -0.2) is 4.39 Å². The molecule has 1 aliphatic heterocycles. The number of halogens is 2. The van der Waals surface area contributed by atoms with Gasteiger partial charge in [-0.05, 0) is 30.7 Å². The van der Waals surface area contributed by atoms with Crippen LogP contribution >= 0.6 is 12.4 Å². The van der Waals surface area contributed by atoms with Gasteiger partial charge < -0.3 is 25.2 Å². The molecule has 0 aromatic heterocycles. The predicted molar refractivity (Wildman–Crippen MR) is 97.8 cm³/mol. The Balaban J connectivity index is 0.00000243. The van der Waals surface area contributed by atoms with Gasteiger partial charge in [-0.15, -0.1) is 12.4 Å². The zero-order valence-electron chi connectivity index (χ0n) is 14.1. The molecule has 2 aromatic rings. The number of methoxy groups -OCH3 is 1. The maximum Gasteiger partial charge on any atom is 0.241 e. The Labute approximate surface area is 156 Å². The van der Waals surface area contributed by atoms with E-state index in [1.165, 1.54) is 19.2 Å². The average Bonchev–Trinajstić information content (AvgIpc) is 3.04. The number of β-amino-alcohol motifs (C(OH)–C–C–N with tert-alkyl or cyclic N) is 1. The van der Waals surface area contributed by atoms with Crippen molar-refractivity contribution in [1.29, 1.82) is 0 Å². The number of hydrogen-bond acceptors (Lipinski definition) is 5. The van der Waals surface area contributed by atoms with Gasteiger partial charge in [0, 0.05) is 18.3 Å². The highest BCUT2D eigenvalue weighted by molar-refractivity contribution is 5.95. The number of rotatable bonds is 5. The summed E-state index contributed by atoms with van der Waals surface area (Å²) in [5.41, 5.74) is 0.318. The van der Waals surface area contributed by atoms with Crippen LogP contribution < -0.4 is 20.1 Å². The minimum absolute atomic E-state index is 0. The first kappa shape index (κ1) is 20.0. The van der Waals surface area contributed by atoms with Crippen molar-refractivity contribution in [2.75, 3.05) is 19.0 Å². The van der Waals surface area contributed by atoms with E-state index in [1.54, 1.807) is 30.3 Å². The van der Waals surface area contributed by atoms with Crippen molar-refractivity contribution in [3.8, 4) is 17.2 Å². The molecule has 0 bridgehead atoms. The molecule has 3 rings (SSSR count). The molecule has 2 unspecified atom stereocenters. The summed E-state index contributed by atoms with van der Waals surface area (Å²) in [6.07, 6.45) is -0.201. The summed E-state index contributed by atoms with van der Waals surface area (Å²) in [5.74, 6) is -0.00986. The molecule has 3 N–H and O–H groups in total. The zero-order chi connectivity index (χ0) is 17.8. The van der Waals surface area contributed by atoms with E-state index in [9.17, 15) is 14.3 Å². The minimum atomic E-state index is -0.608. The fourth-order valence-electron chi connectivity index (χ4n) is 2.63. The monoisotopic (exact) mass is 382 g/mol. The fraction of sp³-hybridized carbons (Fsp3) is 0.278. The van der Waals surface area contributed by atoms with Crippen molar-refractivity contribution in [3.05, 3.63) is 48.3 Å². The summed E-state index contributed by atoms with van der Waals surface area (Å²) in [6, 6.07) is 10.6. The van der Waals surface area contributed by atoms with Gasteiger partial charge in [0.2, 0.25) is 5.91 Å². The maximum atomic E-state index is 14.3. The number of carbonyl (C=O) groups is 1. The lowest BCUT2D eigenvalue weighted by molar-refractivity contribution is -0.117. The van der Waals surface area contributed by atoms with Gasteiger partial charge in [-0.2, -0.15) is 0 Å². The molecule has 0 radical (unpaired) electrons. The molecule has 0 saturated carbocycles. The number of anilines is 1. The van der Waals surface area contributed by atoms with Gasteiger partial charge in [0.05, 0.1) is 19.3 Å². The van der Waals surface area contributed by atoms with E-state index in [0.717, 1.165) is 0 Å². The average molecular weight is 383 g/mol. The normalized spacial score (nSPS) is 18.7. The van der Waals surface area contributed by atoms with Crippen LogP contribution in [0.25, 0.3) is 0 Å². The van der Waals surface area contributed by atoms with Gasteiger partial charge in [-0.3, -0.25) is 4.79 Å². The van der Waals surface area contributed by atoms with E-state index in [1.807, 2.05) is 0 Å². The minimum Gasteiger partial charge on any atom is -0.493 e. The fourth-order valence-corrected chi connectivity index (χ4v) is 2.63. The molecule has 1 fully saturated rings. The van der Waals surface area contributed by atoms with Gasteiger partial charge in [-0.1, -0.05) is 12.1 Å². The number of benzene rings is 2. The lowest BCUT2D eigenvalue weighted by Crippen LogP contribution is -2.35. The Hall–Kier alpha value is -2.35. The number of aliphatic hydroxyl groups is 1.